The van der Waals surface area contributed by atoms with Crippen molar-refractivity contribution >= 4 is 11.5 Å². The molecule has 4 heteroatoms. The second kappa shape index (κ2) is 6.65. The molecule has 0 fully saturated rings. The van der Waals surface area contributed by atoms with Gasteiger partial charge in [0.05, 0.1) is 18.8 Å². The van der Waals surface area contributed by atoms with E-state index in [0.717, 1.165) is 18.0 Å². The Morgan fingerprint density at radius 3 is 2.71 bits per heavy atom. The lowest BCUT2D eigenvalue weighted by Crippen LogP contribution is -2.40. The lowest BCUT2D eigenvalue weighted by Gasteiger charge is -2.33. The molecule has 0 spiro atoms. The van der Waals surface area contributed by atoms with Gasteiger partial charge in [-0.15, -0.1) is 0 Å². The third-order valence-electron chi connectivity index (χ3n) is 4.13. The minimum atomic E-state index is -0.228. The molecule has 0 saturated carbocycles. The van der Waals surface area contributed by atoms with Crippen LogP contribution in [0.25, 0.3) is 0 Å². The molecule has 4 nitrogen and oxygen atoms in total. The number of ether oxygens (including phenoxy) is 1. The molecule has 24 heavy (non-hydrogen) atoms. The van der Waals surface area contributed by atoms with Gasteiger partial charge >= 0.3 is 0 Å². The molecular weight excluding hydrogens is 300 g/mol. The van der Waals surface area contributed by atoms with Crippen LogP contribution in [-0.2, 0) is 6.54 Å². The number of carbonyl (C=O) groups is 1. The van der Waals surface area contributed by atoms with Crippen LogP contribution in [0.2, 0.25) is 0 Å². The molecule has 0 amide bonds. The van der Waals surface area contributed by atoms with Gasteiger partial charge < -0.3 is 15.4 Å². The Labute approximate surface area is 143 Å². The Morgan fingerprint density at radius 2 is 1.96 bits per heavy atom. The van der Waals surface area contributed by atoms with Crippen molar-refractivity contribution in [2.75, 3.05) is 18.4 Å². The smallest absolute Gasteiger partial charge is 0.176 e. The number of hydrogen-bond acceptors (Lipinski definition) is 4. The summed E-state index contributed by atoms with van der Waals surface area (Å²) in [5.74, 6) is 0.881. The first-order valence-corrected chi connectivity index (χ1v) is 8.29. The average molecular weight is 324 g/mol. The number of hydrogen-bond donors (Lipinski definition) is 2. The summed E-state index contributed by atoms with van der Waals surface area (Å²) in [6.45, 7) is 7.87. The highest BCUT2D eigenvalue weighted by molar-refractivity contribution is 5.98. The van der Waals surface area contributed by atoms with E-state index in [1.807, 2.05) is 32.0 Å². The molecule has 1 aliphatic heterocycles. The number of anilines is 1. The fourth-order valence-electron chi connectivity index (χ4n) is 2.70. The van der Waals surface area contributed by atoms with Crippen LogP contribution in [0.3, 0.4) is 0 Å². The quantitative estimate of drug-likeness (QED) is 0.826. The summed E-state index contributed by atoms with van der Waals surface area (Å²) >= 11 is 0. The molecular formula is C20H24N2O2. The highest BCUT2D eigenvalue weighted by Gasteiger charge is 2.26. The zero-order valence-corrected chi connectivity index (χ0v) is 14.5. The molecule has 3 rings (SSSR count). The first-order chi connectivity index (χ1) is 11.4. The Kier molecular flexibility index (Phi) is 4.58. The number of rotatable bonds is 5. The molecule has 0 saturated heterocycles. The van der Waals surface area contributed by atoms with Gasteiger partial charge in [-0.25, -0.2) is 0 Å². The van der Waals surface area contributed by atoms with Crippen LogP contribution in [0.1, 0.15) is 35.3 Å². The number of Topliss-reactive ketones (excluding diaryl/α,β-unsaturated/α-hetero) is 1. The van der Waals surface area contributed by atoms with E-state index in [2.05, 4.69) is 41.8 Å². The third-order valence-corrected chi connectivity index (χ3v) is 4.13. The highest BCUT2D eigenvalue weighted by Crippen LogP contribution is 2.33. The Balaban J connectivity index is 1.58. The van der Waals surface area contributed by atoms with E-state index in [1.54, 1.807) is 0 Å². The van der Waals surface area contributed by atoms with E-state index in [1.165, 1.54) is 11.1 Å². The van der Waals surface area contributed by atoms with E-state index in [0.29, 0.717) is 18.7 Å². The molecule has 0 atom stereocenters. The van der Waals surface area contributed by atoms with Gasteiger partial charge in [0.15, 0.2) is 5.78 Å². The topological polar surface area (TPSA) is 50.4 Å². The molecule has 0 aliphatic carbocycles. The van der Waals surface area contributed by atoms with Crippen LogP contribution in [0.15, 0.2) is 42.5 Å². The summed E-state index contributed by atoms with van der Waals surface area (Å²) in [5, 5.41) is 6.55. The zero-order valence-electron chi connectivity index (χ0n) is 14.5. The lowest BCUT2D eigenvalue weighted by atomic mass is 10.0. The monoisotopic (exact) mass is 324 g/mol. The van der Waals surface area contributed by atoms with Crippen LogP contribution >= 0.6 is 0 Å². The van der Waals surface area contributed by atoms with E-state index in [4.69, 9.17) is 4.74 Å². The summed E-state index contributed by atoms with van der Waals surface area (Å²) in [7, 11) is 0. The SMILES string of the molecule is Cc1ccc(CNCC(=O)c2ccc3c(c2)NCC(C)(C)O3)cc1. The van der Waals surface area contributed by atoms with Crippen molar-refractivity contribution in [1.82, 2.24) is 5.32 Å². The van der Waals surface area contributed by atoms with Crippen molar-refractivity contribution in [2.45, 2.75) is 32.9 Å². The van der Waals surface area contributed by atoms with Gasteiger partial charge in [-0.2, -0.15) is 0 Å². The molecule has 0 radical (unpaired) electrons. The number of benzene rings is 2. The normalized spacial score (nSPS) is 15.1. The molecule has 1 aliphatic rings. The first-order valence-electron chi connectivity index (χ1n) is 8.29. The number of nitrogens with one attached hydrogen (secondary N) is 2. The van der Waals surface area contributed by atoms with E-state index < -0.39 is 0 Å². The van der Waals surface area contributed by atoms with Crippen LogP contribution < -0.4 is 15.4 Å². The largest absolute Gasteiger partial charge is 0.484 e. The van der Waals surface area contributed by atoms with Gasteiger partial charge in [-0.05, 0) is 44.5 Å². The van der Waals surface area contributed by atoms with Crippen molar-refractivity contribution in [3.63, 3.8) is 0 Å². The maximum absolute atomic E-state index is 12.4. The van der Waals surface area contributed by atoms with E-state index in [-0.39, 0.29) is 11.4 Å². The molecule has 2 aromatic carbocycles. The summed E-state index contributed by atoms with van der Waals surface area (Å²) in [6.07, 6.45) is 0. The number of ketones is 1. The van der Waals surface area contributed by atoms with E-state index >= 15 is 0 Å². The van der Waals surface area contributed by atoms with Gasteiger partial charge in [-0.3, -0.25) is 4.79 Å². The van der Waals surface area contributed by atoms with Crippen molar-refractivity contribution in [3.8, 4) is 5.75 Å². The van der Waals surface area contributed by atoms with Crippen molar-refractivity contribution in [3.05, 3.63) is 59.2 Å². The van der Waals surface area contributed by atoms with Crippen molar-refractivity contribution in [1.29, 1.82) is 0 Å². The third kappa shape index (κ3) is 3.95. The van der Waals surface area contributed by atoms with Crippen LogP contribution in [-0.4, -0.2) is 24.5 Å². The molecule has 2 aromatic rings. The summed E-state index contributed by atoms with van der Waals surface area (Å²) < 4.78 is 5.91. The van der Waals surface area contributed by atoms with Crippen molar-refractivity contribution in [2.24, 2.45) is 0 Å². The fourth-order valence-corrected chi connectivity index (χ4v) is 2.70. The summed E-state index contributed by atoms with van der Waals surface area (Å²) in [6, 6.07) is 13.9. The number of carbonyl (C=O) groups excluding carboxylic acids is 1. The maximum Gasteiger partial charge on any atom is 0.176 e. The van der Waals surface area contributed by atoms with Gasteiger partial charge in [0.1, 0.15) is 11.4 Å². The second-order valence-electron chi connectivity index (χ2n) is 6.94. The fraction of sp³-hybridized carbons (Fsp3) is 0.350. The Bertz CT molecular complexity index is 736. The van der Waals surface area contributed by atoms with Gasteiger partial charge in [0, 0.05) is 12.1 Å². The summed E-state index contributed by atoms with van der Waals surface area (Å²) in [4.78, 5) is 12.4. The number of aryl methyl sites for hydroxylation is 1. The number of fused-ring (bicyclic) bond motifs is 1. The average Bonchev–Trinajstić information content (AvgIpc) is 2.55. The van der Waals surface area contributed by atoms with E-state index in [9.17, 15) is 4.79 Å². The predicted octanol–water partition coefficient (Wildman–Crippen LogP) is 3.55. The van der Waals surface area contributed by atoms with Crippen LogP contribution in [0.5, 0.6) is 5.75 Å². The molecule has 1 heterocycles. The van der Waals surface area contributed by atoms with Gasteiger partial charge in [-0.1, -0.05) is 29.8 Å². The molecule has 126 valence electrons. The predicted molar refractivity (Wildman–Crippen MR) is 96.9 cm³/mol. The minimum Gasteiger partial charge on any atom is -0.484 e. The second-order valence-corrected chi connectivity index (χ2v) is 6.94. The van der Waals surface area contributed by atoms with Gasteiger partial charge in [0.2, 0.25) is 0 Å². The van der Waals surface area contributed by atoms with Crippen LogP contribution in [0.4, 0.5) is 5.69 Å². The lowest BCUT2D eigenvalue weighted by molar-refractivity contribution is 0.0990. The maximum atomic E-state index is 12.4. The minimum absolute atomic E-state index is 0.0801. The molecule has 2 N–H and O–H groups in total. The molecule has 0 unspecified atom stereocenters. The molecule has 0 aromatic heterocycles. The summed E-state index contributed by atoms with van der Waals surface area (Å²) in [5.41, 5.74) is 3.77. The Hall–Kier alpha value is -2.33. The van der Waals surface area contributed by atoms with Crippen LogP contribution in [0, 0.1) is 6.92 Å². The molecule has 0 bridgehead atoms. The zero-order chi connectivity index (χ0) is 17.2. The Morgan fingerprint density at radius 1 is 1.21 bits per heavy atom. The van der Waals surface area contributed by atoms with Gasteiger partial charge in [0.25, 0.3) is 0 Å². The standard InChI is InChI=1S/C20H24N2O2/c1-14-4-6-15(7-5-14)11-21-12-18(23)16-8-9-19-17(10-16)22-13-20(2,3)24-19/h4-10,21-22H,11-13H2,1-3H3. The highest BCUT2D eigenvalue weighted by atomic mass is 16.5. The van der Waals surface area contributed by atoms with Crippen molar-refractivity contribution < 1.29 is 9.53 Å². The first kappa shape index (κ1) is 16.5.